The quantitative estimate of drug-likeness (QED) is 0.590. The molecule has 2 heterocycles. The molecule has 2 aliphatic rings. The number of hydrazone groups is 1. The average Bonchev–Trinajstić information content (AvgIpc) is 2.83. The first-order valence-electron chi connectivity index (χ1n) is 10.1. The highest BCUT2D eigenvalue weighted by Gasteiger charge is 2.35. The Labute approximate surface area is 204 Å². The molecule has 1 unspecified atom stereocenters. The summed E-state index contributed by atoms with van der Waals surface area (Å²) < 4.78 is 5.57. The number of nitrogens with one attached hydrogen (secondary N) is 1. The van der Waals surface area contributed by atoms with E-state index in [-0.39, 0.29) is 5.91 Å². The zero-order chi connectivity index (χ0) is 22.9. The molecule has 5 rings (SSSR count). The lowest BCUT2D eigenvalue weighted by Gasteiger charge is -2.34. The number of rotatable bonds is 4. The summed E-state index contributed by atoms with van der Waals surface area (Å²) in [7, 11) is 1.59. The number of nitrogens with zero attached hydrogens (tertiary/aromatic N) is 3. The number of amides is 1. The molecule has 0 bridgehead atoms. The van der Waals surface area contributed by atoms with Crippen LogP contribution in [-0.4, -0.2) is 23.2 Å². The molecule has 0 saturated carbocycles. The monoisotopic (exact) mass is 496 g/mol. The molecule has 0 saturated heterocycles. The number of benzene rings is 3. The Morgan fingerprint density at radius 2 is 1.82 bits per heavy atom. The molecule has 1 atom stereocenters. The van der Waals surface area contributed by atoms with Gasteiger partial charge in [-0.25, -0.2) is 5.01 Å². The number of ether oxygens (including phenoxy) is 1. The maximum atomic E-state index is 13.3. The minimum absolute atomic E-state index is 0.239. The fraction of sp³-hybridized carbons (Fsp3) is 0.125. The first-order valence-corrected chi connectivity index (χ1v) is 11.8. The number of methoxy groups -OCH3 is 1. The van der Waals surface area contributed by atoms with Crippen LogP contribution in [0, 0.1) is 0 Å². The van der Waals surface area contributed by atoms with Crippen molar-refractivity contribution < 1.29 is 9.53 Å². The molecule has 2 aliphatic heterocycles. The van der Waals surface area contributed by atoms with Crippen molar-refractivity contribution >= 4 is 51.7 Å². The van der Waals surface area contributed by atoms with Gasteiger partial charge in [-0.3, -0.25) is 15.1 Å². The second kappa shape index (κ2) is 9.09. The third-order valence-electron chi connectivity index (χ3n) is 5.27. The van der Waals surface area contributed by atoms with Gasteiger partial charge in [0.05, 0.1) is 12.5 Å². The van der Waals surface area contributed by atoms with Crippen molar-refractivity contribution in [1.29, 1.82) is 0 Å². The number of hydrogen-bond donors (Lipinski definition) is 1. The third kappa shape index (κ3) is 4.31. The highest BCUT2D eigenvalue weighted by atomic mass is 35.5. The van der Waals surface area contributed by atoms with E-state index in [0.29, 0.717) is 37.8 Å². The van der Waals surface area contributed by atoms with Gasteiger partial charge in [-0.05, 0) is 42.0 Å². The third-order valence-corrected chi connectivity index (χ3v) is 6.70. The zero-order valence-corrected chi connectivity index (χ0v) is 19.8. The van der Waals surface area contributed by atoms with Crippen LogP contribution in [-0.2, 0) is 10.5 Å². The summed E-state index contributed by atoms with van der Waals surface area (Å²) in [5.41, 5.74) is 2.22. The number of para-hydroxylation sites is 1. The van der Waals surface area contributed by atoms with Gasteiger partial charge in [-0.2, -0.15) is 0 Å². The lowest BCUT2D eigenvalue weighted by Crippen LogP contribution is -2.50. The van der Waals surface area contributed by atoms with Crippen molar-refractivity contribution in [2.45, 2.75) is 11.9 Å². The SMILES string of the molecule is COc1ccc(Cl)cc1C1N=c2ccccc2=C2C(=O)NC(SCc3ccc(Cl)cc3)=NN21. The first-order chi connectivity index (χ1) is 16.0. The lowest BCUT2D eigenvalue weighted by molar-refractivity contribution is -0.116. The van der Waals surface area contributed by atoms with E-state index in [2.05, 4.69) is 5.32 Å². The van der Waals surface area contributed by atoms with Crippen LogP contribution in [0.25, 0.3) is 5.70 Å². The molecule has 0 fully saturated rings. The number of hydrogen-bond acceptors (Lipinski definition) is 6. The van der Waals surface area contributed by atoms with E-state index in [9.17, 15) is 4.79 Å². The predicted molar refractivity (Wildman–Crippen MR) is 132 cm³/mol. The van der Waals surface area contributed by atoms with Crippen LogP contribution in [0.1, 0.15) is 17.3 Å². The topological polar surface area (TPSA) is 66.3 Å². The molecule has 3 aromatic rings. The van der Waals surface area contributed by atoms with E-state index in [1.807, 2.05) is 48.5 Å². The van der Waals surface area contributed by atoms with Crippen molar-refractivity contribution in [3.63, 3.8) is 0 Å². The summed E-state index contributed by atoms with van der Waals surface area (Å²) in [6.07, 6.45) is -0.610. The van der Waals surface area contributed by atoms with Crippen LogP contribution >= 0.6 is 35.0 Å². The molecule has 33 heavy (non-hydrogen) atoms. The second-order valence-corrected chi connectivity index (χ2v) is 9.21. The maximum Gasteiger partial charge on any atom is 0.276 e. The fourth-order valence-electron chi connectivity index (χ4n) is 3.73. The van der Waals surface area contributed by atoms with Gasteiger partial charge in [-0.1, -0.05) is 65.3 Å². The zero-order valence-electron chi connectivity index (χ0n) is 17.5. The van der Waals surface area contributed by atoms with Crippen molar-refractivity contribution in [2.75, 3.05) is 7.11 Å². The summed E-state index contributed by atoms with van der Waals surface area (Å²) in [5.74, 6) is 0.999. The number of carbonyl (C=O) groups excluding carboxylic acids is 1. The summed E-state index contributed by atoms with van der Waals surface area (Å²) >= 11 is 13.7. The molecular formula is C24H18Cl2N4O2S. The molecule has 1 N–H and O–H groups in total. The Kier molecular flexibility index (Phi) is 6.01. The predicted octanol–water partition coefficient (Wildman–Crippen LogP) is 4.08. The molecule has 1 amide bonds. The van der Waals surface area contributed by atoms with E-state index >= 15 is 0 Å². The van der Waals surface area contributed by atoms with Gasteiger partial charge in [0.15, 0.2) is 11.3 Å². The van der Waals surface area contributed by atoms with Crippen molar-refractivity contribution in [3.8, 4) is 5.75 Å². The number of amidine groups is 1. The van der Waals surface area contributed by atoms with Crippen LogP contribution in [0.2, 0.25) is 10.0 Å². The van der Waals surface area contributed by atoms with E-state index in [0.717, 1.165) is 16.3 Å². The molecular weight excluding hydrogens is 479 g/mol. The molecule has 9 heteroatoms. The van der Waals surface area contributed by atoms with Gasteiger partial charge < -0.3 is 4.74 Å². The molecule has 0 aliphatic carbocycles. The van der Waals surface area contributed by atoms with Gasteiger partial charge in [0.1, 0.15) is 11.4 Å². The molecule has 3 aromatic carbocycles. The smallest absolute Gasteiger partial charge is 0.276 e. The van der Waals surface area contributed by atoms with Crippen LogP contribution in [0.4, 0.5) is 0 Å². The van der Waals surface area contributed by atoms with Gasteiger partial charge in [0.25, 0.3) is 5.91 Å². The minimum atomic E-state index is -0.610. The molecule has 166 valence electrons. The maximum absolute atomic E-state index is 13.3. The molecule has 0 radical (unpaired) electrons. The number of halogens is 2. The summed E-state index contributed by atoms with van der Waals surface area (Å²) in [4.78, 5) is 18.2. The van der Waals surface area contributed by atoms with Gasteiger partial charge in [0.2, 0.25) is 0 Å². The fourth-order valence-corrected chi connectivity index (χ4v) is 4.85. The summed E-state index contributed by atoms with van der Waals surface area (Å²) in [6.45, 7) is 0. The van der Waals surface area contributed by atoms with Crippen LogP contribution < -0.4 is 20.6 Å². The Balaban J connectivity index is 1.59. The van der Waals surface area contributed by atoms with Gasteiger partial charge >= 0.3 is 0 Å². The molecule has 0 aromatic heterocycles. The normalized spacial score (nSPS) is 16.9. The number of thioether (sulfide) groups is 1. The Morgan fingerprint density at radius 1 is 1.06 bits per heavy atom. The minimum Gasteiger partial charge on any atom is -0.496 e. The highest BCUT2D eigenvalue weighted by Crippen LogP contribution is 2.37. The van der Waals surface area contributed by atoms with Crippen molar-refractivity contribution in [1.82, 2.24) is 10.3 Å². The highest BCUT2D eigenvalue weighted by molar-refractivity contribution is 8.13. The van der Waals surface area contributed by atoms with Crippen LogP contribution in [0.5, 0.6) is 5.75 Å². The molecule has 0 spiro atoms. The summed E-state index contributed by atoms with van der Waals surface area (Å²) in [6, 6.07) is 20.4. The second-order valence-electron chi connectivity index (χ2n) is 7.37. The van der Waals surface area contributed by atoms with Crippen LogP contribution in [0.3, 0.4) is 0 Å². The largest absolute Gasteiger partial charge is 0.496 e. The Morgan fingerprint density at radius 3 is 2.61 bits per heavy atom. The first kappa shape index (κ1) is 21.8. The van der Waals surface area contributed by atoms with Crippen molar-refractivity contribution in [2.24, 2.45) is 10.1 Å². The van der Waals surface area contributed by atoms with Crippen molar-refractivity contribution in [3.05, 3.63) is 98.5 Å². The lowest BCUT2D eigenvalue weighted by atomic mass is 10.1. The van der Waals surface area contributed by atoms with E-state index < -0.39 is 6.17 Å². The number of fused-ring (bicyclic) bond motifs is 2. The number of carbonyl (C=O) groups is 1. The van der Waals surface area contributed by atoms with E-state index in [1.165, 1.54) is 11.8 Å². The standard InChI is InChI=1S/C24H18Cl2N4O2S/c1-32-20-11-10-16(26)12-18(20)22-27-19-5-3-2-4-17(19)21-23(31)28-24(29-30(21)22)33-13-14-6-8-15(25)9-7-14/h2-12,22H,13H2,1H3,(H,28,29,31). The summed E-state index contributed by atoms with van der Waals surface area (Å²) in [5, 5.41) is 12.5. The van der Waals surface area contributed by atoms with Gasteiger partial charge in [0, 0.05) is 26.6 Å². The molecule has 6 nitrogen and oxygen atoms in total. The van der Waals surface area contributed by atoms with E-state index in [4.69, 9.17) is 38.0 Å². The average molecular weight is 497 g/mol. The Bertz CT molecular complexity index is 1390. The Hall–Kier alpha value is -3.00. The van der Waals surface area contributed by atoms with Crippen LogP contribution in [0.15, 0.2) is 76.8 Å². The van der Waals surface area contributed by atoms with Gasteiger partial charge in [-0.15, -0.1) is 5.10 Å². The van der Waals surface area contributed by atoms with E-state index in [1.54, 1.807) is 30.3 Å².